The number of rotatable bonds is 19. The Morgan fingerprint density at radius 2 is 0.688 bits per heavy atom. The number of ether oxygens (including phenoxy) is 2. The Hall–Kier alpha value is -10.8. The number of methoxy groups -OCH3 is 2. The summed E-state index contributed by atoms with van der Waals surface area (Å²) in [4.78, 5) is 33.7. The van der Waals surface area contributed by atoms with E-state index in [1.54, 1.807) is 26.4 Å². The monoisotopic (exact) mass is 1930 g/mol. The molecule has 0 unspecified atom stereocenters. The zero-order valence-corrected chi connectivity index (χ0v) is 76.3. The summed E-state index contributed by atoms with van der Waals surface area (Å²) >= 11 is 31.2. The minimum absolute atomic E-state index is 0.0401. The fourth-order valence-corrected chi connectivity index (χ4v) is 14.0. The van der Waals surface area contributed by atoms with Crippen LogP contribution in [-0.4, -0.2) is 172 Å². The van der Waals surface area contributed by atoms with Crippen LogP contribution in [0.2, 0.25) is 20.1 Å². The van der Waals surface area contributed by atoms with Crippen LogP contribution >= 0.6 is 78.3 Å². The molecule has 0 fully saturated rings. The Morgan fingerprint density at radius 3 is 1.12 bits per heavy atom. The third kappa shape index (κ3) is 32.9. The quantitative estimate of drug-likeness (QED) is 0.0334. The lowest BCUT2D eigenvalue weighted by molar-refractivity contribution is -0.140. The third-order valence-electron chi connectivity index (χ3n) is 19.2. The highest BCUT2D eigenvalue weighted by Gasteiger charge is 2.35. The number of para-hydroxylation sites is 1. The average molecular weight is 1930 g/mol. The maximum Gasteiger partial charge on any atom is 0.419 e. The third-order valence-corrected chi connectivity index (χ3v) is 23.0. The number of alkyl halides is 3. The lowest BCUT2D eigenvalue weighted by Crippen LogP contribution is -2.33. The summed E-state index contributed by atoms with van der Waals surface area (Å²) in [6, 6.07) is 45.5. The van der Waals surface area contributed by atoms with Crippen molar-refractivity contribution < 1.29 is 36.5 Å². The first-order valence-corrected chi connectivity index (χ1v) is 43.7. The maximum atomic E-state index is 13.6. The summed E-state index contributed by atoms with van der Waals surface area (Å²) in [6.07, 6.45) is -4.68. The number of guanidine groups is 8. The van der Waals surface area contributed by atoms with Crippen molar-refractivity contribution in [1.29, 1.82) is 0 Å². The summed E-state index contributed by atoms with van der Waals surface area (Å²) in [7, 11) is 3.28. The molecule has 0 amide bonds. The molecule has 38 heteroatoms. The number of nitrogens with zero attached hydrogens (tertiary/aromatic N) is 8. The molecule has 0 spiro atoms. The second kappa shape index (κ2) is 52.9. The molecule has 0 aliphatic carbocycles. The summed E-state index contributed by atoms with van der Waals surface area (Å²) in [5.41, 5.74) is 10.5. The van der Waals surface area contributed by atoms with Crippen LogP contribution in [0.4, 0.5) is 22.0 Å². The van der Waals surface area contributed by atoms with Gasteiger partial charge in [-0.05, 0) is 139 Å². The van der Waals surface area contributed by atoms with E-state index in [0.717, 1.165) is 238 Å². The van der Waals surface area contributed by atoms with Gasteiger partial charge in [-0.15, -0.1) is 0 Å². The standard InChI is InChI=1S/C12H17N3O2.C12H17N3O.2C11H14ClN3.C11H11F4N3.2C10H11BrClN3.C10H12FN3/c1-16-10-5-3-4-9(11(10)17-2)8-15-12-13-6-7-14-12;1-9-10(3-2-4-11(9)8-16)7-15-12-13-5-6-14-12;1-8-9(3-2-4-10(8)12)7-15-11-13-5-6-14-11;1-8-3-2-4-9(10(8)12)7-15-11-13-5-6-14-11;12-9-7(6-18-10-16-4-5-17-10)2-1-3-8(9)11(13,14)15;11-9-7(2-1-3-8(9)12)6-15-10-13-4-5-14-10;11-8-3-1-2-7(9(8)12)6-15-10-13-4-5-14-10;11-9-4-2-1-3-8(9)7-14-10-12-5-6-13-10/h3-5H,6-8H2,1-2H3,(H2,13,14,15);2-4,16H,5-8H2,1H3,(H2,13,14,15);2*2-4H,5-7H2,1H3,(H2,13,14,15);1-3H,4-6H2,(H2,16,17,18);2*1-3H,4-6H2,(H2,13,14,15);1-4H,5-7H2,(H2,12,13,14). The number of hydrogen-bond acceptors (Lipinski definition) is 27. The number of nitrogens with one attached hydrogen (secondary N) is 16. The lowest BCUT2D eigenvalue weighted by Gasteiger charge is -2.13. The zero-order valence-electron chi connectivity index (χ0n) is 70.1. The fraction of sp³-hybridized carbons (Fsp3) is 0.356. The van der Waals surface area contributed by atoms with Crippen molar-refractivity contribution >= 4 is 126 Å². The highest BCUT2D eigenvalue weighted by Crippen LogP contribution is 2.34. The molecule has 0 saturated heterocycles. The van der Waals surface area contributed by atoms with E-state index in [4.69, 9.17) is 61.0 Å². The molecule has 0 bridgehead atoms. The maximum absolute atomic E-state index is 13.6. The molecule has 8 aliphatic heterocycles. The molecule has 27 nitrogen and oxygen atoms in total. The first-order chi connectivity index (χ1) is 60.6. The molecule has 125 heavy (non-hydrogen) atoms. The van der Waals surface area contributed by atoms with Crippen LogP contribution in [0, 0.1) is 32.4 Å². The van der Waals surface area contributed by atoms with Crippen molar-refractivity contribution in [2.45, 2.75) is 85.9 Å². The van der Waals surface area contributed by atoms with Crippen LogP contribution in [-0.2, 0) is 65.1 Å². The topological polar surface area (TPSA) is 330 Å². The minimum atomic E-state index is -4.68. The molecule has 16 rings (SSSR count). The first-order valence-electron chi connectivity index (χ1n) is 40.6. The number of aryl methyl sites for hydroxylation is 1. The van der Waals surface area contributed by atoms with E-state index in [0.29, 0.717) is 57.3 Å². The second-order valence-electron chi connectivity index (χ2n) is 28.0. The molecular formula is C87H107Br2Cl4F5N24O3. The molecule has 670 valence electrons. The van der Waals surface area contributed by atoms with Gasteiger partial charge in [0.15, 0.2) is 59.2 Å². The van der Waals surface area contributed by atoms with Crippen LogP contribution in [0.25, 0.3) is 0 Å². The van der Waals surface area contributed by atoms with E-state index in [1.807, 2.05) is 124 Å². The van der Waals surface area contributed by atoms with E-state index >= 15 is 0 Å². The molecule has 8 aromatic rings. The molecule has 17 N–H and O–H groups in total. The molecule has 8 heterocycles. The molecule has 0 aromatic heterocycles. The smallest absolute Gasteiger partial charge is 0.419 e. The Balaban J connectivity index is 0.000000162. The summed E-state index contributed by atoms with van der Waals surface area (Å²) in [5.74, 6) is 6.50. The molecular weight excluding hydrogens is 1830 g/mol. The van der Waals surface area contributed by atoms with Crippen molar-refractivity contribution in [3.63, 3.8) is 0 Å². The second-order valence-corrected chi connectivity index (χ2v) is 31.2. The number of aliphatic hydroxyl groups is 1. The van der Waals surface area contributed by atoms with Gasteiger partial charge in [0, 0.05) is 140 Å². The fourth-order valence-electron chi connectivity index (χ4n) is 12.4. The van der Waals surface area contributed by atoms with E-state index in [9.17, 15) is 22.0 Å². The van der Waals surface area contributed by atoms with Gasteiger partial charge in [0.2, 0.25) is 0 Å². The van der Waals surface area contributed by atoms with E-state index in [1.165, 1.54) is 29.3 Å². The van der Waals surface area contributed by atoms with Crippen LogP contribution in [0.1, 0.15) is 72.3 Å². The highest BCUT2D eigenvalue weighted by atomic mass is 79.9. The normalized spacial score (nSPS) is 14.6. The van der Waals surface area contributed by atoms with Crippen LogP contribution in [0.3, 0.4) is 0 Å². The van der Waals surface area contributed by atoms with E-state index < -0.39 is 17.6 Å². The van der Waals surface area contributed by atoms with Gasteiger partial charge in [0.1, 0.15) is 11.6 Å². The van der Waals surface area contributed by atoms with Crippen LogP contribution in [0.5, 0.6) is 11.5 Å². The molecule has 0 atom stereocenters. The molecule has 8 aromatic carbocycles. The van der Waals surface area contributed by atoms with Crippen molar-refractivity contribution in [2.24, 2.45) is 39.9 Å². The van der Waals surface area contributed by atoms with Crippen molar-refractivity contribution in [3.05, 3.63) is 265 Å². The SMILES string of the molecule is COc1cccc(CNC2=NCCN2)c1OC.Cc1c(CO)cccc1CNC1=NCCN1.Cc1c(Cl)cccc1CNC1=NCCN1.Cc1cccc(CNC2=NCCN2)c1Cl.Clc1c(Br)cccc1CNC1=NCCN1.Clc1cccc(CNC2=NCCN2)c1Br.Fc1c(CNC2=NCCN2)cccc1C(F)(F)F.Fc1ccccc1CNC1=NCCN1. The van der Waals surface area contributed by atoms with Gasteiger partial charge in [-0.3, -0.25) is 39.9 Å². The van der Waals surface area contributed by atoms with Gasteiger partial charge >= 0.3 is 6.18 Å². The molecule has 8 aliphatic rings. The van der Waals surface area contributed by atoms with Crippen LogP contribution < -0.4 is 94.5 Å². The van der Waals surface area contributed by atoms with Crippen molar-refractivity contribution in [1.82, 2.24) is 85.1 Å². The summed E-state index contributed by atoms with van der Waals surface area (Å²) in [6.45, 7) is 24.4. The minimum Gasteiger partial charge on any atom is -0.493 e. The number of benzene rings is 8. The first kappa shape index (κ1) is 98.0. The van der Waals surface area contributed by atoms with Crippen molar-refractivity contribution in [2.75, 3.05) is 119 Å². The predicted octanol–water partition coefficient (Wildman–Crippen LogP) is 11.8. The average Bonchev–Trinajstić information content (AvgIpc) is 1.55. The number of aliphatic hydroxyl groups excluding tert-OH is 1. The number of hydrogen-bond donors (Lipinski definition) is 17. The van der Waals surface area contributed by atoms with E-state index in [2.05, 4.69) is 169 Å². The zero-order chi connectivity index (χ0) is 89.1. The number of aliphatic imine (C=N–C) groups is 8. The van der Waals surface area contributed by atoms with Gasteiger partial charge < -0.3 is 99.6 Å². The lowest BCUT2D eigenvalue weighted by atomic mass is 10.0. The largest absolute Gasteiger partial charge is 0.493 e. The number of halogens is 11. The van der Waals surface area contributed by atoms with Crippen LogP contribution in [0.15, 0.2) is 201 Å². The molecule has 0 saturated carbocycles. The van der Waals surface area contributed by atoms with Gasteiger partial charge in [0.25, 0.3) is 0 Å². The van der Waals surface area contributed by atoms with Gasteiger partial charge in [-0.2, -0.15) is 13.2 Å². The highest BCUT2D eigenvalue weighted by molar-refractivity contribution is 9.11. The summed E-state index contributed by atoms with van der Waals surface area (Å²) < 4.78 is 76.7. The summed E-state index contributed by atoms with van der Waals surface area (Å²) in [5, 5.41) is 62.3. The Kier molecular flexibility index (Phi) is 41.5. The predicted molar refractivity (Wildman–Crippen MR) is 502 cm³/mol. The molecule has 0 radical (unpaired) electrons. The van der Waals surface area contributed by atoms with Gasteiger partial charge in [-0.25, -0.2) is 8.78 Å². The van der Waals surface area contributed by atoms with Gasteiger partial charge in [0.05, 0.1) is 88.8 Å². The van der Waals surface area contributed by atoms with E-state index in [-0.39, 0.29) is 24.5 Å². The van der Waals surface area contributed by atoms with Gasteiger partial charge in [-0.1, -0.05) is 162 Å². The Labute approximate surface area is 763 Å². The Morgan fingerprint density at radius 1 is 0.360 bits per heavy atom. The van der Waals surface area contributed by atoms with Crippen molar-refractivity contribution in [3.8, 4) is 11.5 Å². The Bertz CT molecular complexity index is 4770.